The van der Waals surface area contributed by atoms with Gasteiger partial charge in [-0.25, -0.2) is 0 Å². The molecule has 2 heterocycles. The van der Waals surface area contributed by atoms with E-state index in [0.717, 1.165) is 51.9 Å². The van der Waals surface area contributed by atoms with Gasteiger partial charge in [-0.15, -0.1) is 0 Å². The molecule has 1 spiro atoms. The fourth-order valence-electron chi connectivity index (χ4n) is 6.49. The number of aryl methyl sites for hydroxylation is 1. The van der Waals surface area contributed by atoms with Crippen LogP contribution in [0.1, 0.15) is 74.6 Å². The number of amides is 1. The Morgan fingerprint density at radius 1 is 1.06 bits per heavy atom. The molecular weight excluding hydrogens is 392 g/mol. The number of nitrogens with one attached hydrogen (secondary N) is 1. The van der Waals surface area contributed by atoms with Crippen molar-refractivity contribution in [3.63, 3.8) is 0 Å². The van der Waals surface area contributed by atoms with Crippen LogP contribution in [0.5, 0.6) is 0 Å². The topological polar surface area (TPSA) is 32.3 Å². The van der Waals surface area contributed by atoms with Crippen LogP contribution in [0, 0.1) is 5.92 Å². The Morgan fingerprint density at radius 3 is 2.53 bits per heavy atom. The van der Waals surface area contributed by atoms with Gasteiger partial charge in [0.1, 0.15) is 0 Å². The van der Waals surface area contributed by atoms with Gasteiger partial charge in [-0.2, -0.15) is 0 Å². The Morgan fingerprint density at radius 2 is 1.81 bits per heavy atom. The van der Waals surface area contributed by atoms with Crippen LogP contribution >= 0.6 is 0 Å². The second-order valence-electron chi connectivity index (χ2n) is 11.3. The molecule has 1 N–H and O–H groups in total. The molecule has 5 rings (SSSR count). The first-order chi connectivity index (χ1) is 15.4. The summed E-state index contributed by atoms with van der Waals surface area (Å²) in [5, 5.41) is 3.63. The van der Waals surface area contributed by atoms with E-state index in [-0.39, 0.29) is 16.7 Å². The van der Waals surface area contributed by atoms with Crippen LogP contribution in [0.15, 0.2) is 48.5 Å². The predicted molar refractivity (Wildman–Crippen MR) is 131 cm³/mol. The Hall–Kier alpha value is -2.13. The molecule has 3 aliphatic rings. The zero-order chi connectivity index (χ0) is 22.3. The van der Waals surface area contributed by atoms with E-state index in [1.165, 1.54) is 28.7 Å². The maximum absolute atomic E-state index is 13.8. The van der Waals surface area contributed by atoms with E-state index in [4.69, 9.17) is 0 Å². The second kappa shape index (κ2) is 8.33. The molecule has 0 bridgehead atoms. The number of carbonyl (C=O) groups excluding carboxylic acids is 1. The summed E-state index contributed by atoms with van der Waals surface area (Å²) in [7, 11) is 0. The maximum Gasteiger partial charge on any atom is 0.227 e. The number of nitrogens with zero attached hydrogens (tertiary/aromatic N) is 1. The van der Waals surface area contributed by atoms with Crippen molar-refractivity contribution in [1.29, 1.82) is 0 Å². The molecule has 0 radical (unpaired) electrons. The van der Waals surface area contributed by atoms with Crippen molar-refractivity contribution in [2.75, 3.05) is 26.2 Å². The van der Waals surface area contributed by atoms with Crippen LogP contribution in [0.2, 0.25) is 0 Å². The summed E-state index contributed by atoms with van der Waals surface area (Å²) in [6, 6.07) is 17.9. The molecule has 2 atom stereocenters. The van der Waals surface area contributed by atoms with Crippen molar-refractivity contribution in [2.45, 2.75) is 69.6 Å². The first-order valence-electron chi connectivity index (χ1n) is 12.6. The van der Waals surface area contributed by atoms with Crippen molar-refractivity contribution in [3.8, 4) is 0 Å². The van der Waals surface area contributed by atoms with E-state index >= 15 is 0 Å². The molecule has 2 fully saturated rings. The quantitative estimate of drug-likeness (QED) is 0.712. The average molecular weight is 431 g/mol. The van der Waals surface area contributed by atoms with Crippen molar-refractivity contribution in [2.24, 2.45) is 5.92 Å². The molecule has 2 aliphatic heterocycles. The first kappa shape index (κ1) is 21.7. The molecule has 1 aliphatic carbocycles. The fraction of sp³-hybridized carbons (Fsp3) is 0.552. The number of rotatable bonds is 2. The van der Waals surface area contributed by atoms with E-state index in [0.29, 0.717) is 11.8 Å². The monoisotopic (exact) mass is 430 g/mol. The Bertz CT molecular complexity index is 968. The van der Waals surface area contributed by atoms with Gasteiger partial charge in [-0.05, 0) is 65.7 Å². The summed E-state index contributed by atoms with van der Waals surface area (Å²) in [4.78, 5) is 16.0. The van der Waals surface area contributed by atoms with Gasteiger partial charge in [0.2, 0.25) is 5.91 Å². The van der Waals surface area contributed by atoms with Crippen LogP contribution < -0.4 is 5.32 Å². The maximum atomic E-state index is 13.8. The molecule has 32 heavy (non-hydrogen) atoms. The standard InChI is InChI=1S/C29H38N2O/c1-28(2,3)24-11-12-25-23(18-24)10-7-15-29(25)20-30-19-26(29)27(32)31-16-13-22(14-17-31)21-8-5-4-6-9-21/h4-6,8-9,11-12,18,22,26,30H,7,10,13-17,19-20H2,1-3H3/t26-,29-/m0/s1. The van der Waals surface area contributed by atoms with E-state index < -0.39 is 0 Å². The lowest BCUT2D eigenvalue weighted by Gasteiger charge is -2.42. The molecule has 170 valence electrons. The summed E-state index contributed by atoms with van der Waals surface area (Å²) in [6.45, 7) is 10.4. The summed E-state index contributed by atoms with van der Waals surface area (Å²) < 4.78 is 0. The molecule has 2 saturated heterocycles. The normalized spacial score (nSPS) is 26.3. The zero-order valence-corrected chi connectivity index (χ0v) is 20.0. The lowest BCUT2D eigenvalue weighted by molar-refractivity contribution is -0.138. The first-order valence-corrected chi connectivity index (χ1v) is 12.6. The second-order valence-corrected chi connectivity index (χ2v) is 11.3. The number of carbonyl (C=O) groups is 1. The minimum atomic E-state index is -0.0304. The predicted octanol–water partition coefficient (Wildman–Crippen LogP) is 5.18. The molecule has 0 unspecified atom stereocenters. The smallest absolute Gasteiger partial charge is 0.227 e. The molecule has 1 amide bonds. The lowest BCUT2D eigenvalue weighted by atomic mass is 9.63. The molecule has 2 aromatic carbocycles. The molecule has 3 nitrogen and oxygen atoms in total. The highest BCUT2D eigenvalue weighted by Crippen LogP contribution is 2.47. The van der Waals surface area contributed by atoms with Crippen LogP contribution in [-0.4, -0.2) is 37.0 Å². The Kier molecular flexibility index (Phi) is 5.65. The number of hydrogen-bond donors (Lipinski definition) is 1. The minimum absolute atomic E-state index is 0.0304. The van der Waals surface area contributed by atoms with Crippen molar-refractivity contribution < 1.29 is 4.79 Å². The van der Waals surface area contributed by atoms with Gasteiger partial charge in [-0.1, -0.05) is 69.3 Å². The van der Waals surface area contributed by atoms with Crippen molar-refractivity contribution >= 4 is 5.91 Å². The van der Waals surface area contributed by atoms with Crippen LogP contribution in [0.4, 0.5) is 0 Å². The van der Waals surface area contributed by atoms with E-state index in [2.05, 4.69) is 79.5 Å². The number of likely N-dealkylation sites (tertiary alicyclic amines) is 1. The van der Waals surface area contributed by atoms with Gasteiger partial charge in [0.05, 0.1) is 5.92 Å². The summed E-state index contributed by atoms with van der Waals surface area (Å²) >= 11 is 0. The van der Waals surface area contributed by atoms with E-state index in [9.17, 15) is 4.79 Å². The van der Waals surface area contributed by atoms with Crippen molar-refractivity contribution in [3.05, 3.63) is 70.8 Å². The Balaban J connectivity index is 1.36. The lowest BCUT2D eigenvalue weighted by Crippen LogP contribution is -2.49. The number of hydrogen-bond acceptors (Lipinski definition) is 2. The Labute approximate surface area is 193 Å². The molecule has 3 heteroatoms. The fourth-order valence-corrected chi connectivity index (χ4v) is 6.49. The summed E-state index contributed by atoms with van der Waals surface area (Å²) in [5.74, 6) is 1.03. The van der Waals surface area contributed by atoms with Crippen LogP contribution in [0.3, 0.4) is 0 Å². The molecule has 0 saturated carbocycles. The van der Waals surface area contributed by atoms with Gasteiger partial charge < -0.3 is 10.2 Å². The largest absolute Gasteiger partial charge is 0.342 e. The van der Waals surface area contributed by atoms with Gasteiger partial charge in [-0.3, -0.25) is 4.79 Å². The van der Waals surface area contributed by atoms with Crippen LogP contribution in [-0.2, 0) is 22.0 Å². The van der Waals surface area contributed by atoms with E-state index in [1.807, 2.05) is 0 Å². The molecule has 2 aromatic rings. The van der Waals surface area contributed by atoms with Gasteiger partial charge >= 0.3 is 0 Å². The zero-order valence-electron chi connectivity index (χ0n) is 20.0. The highest BCUT2D eigenvalue weighted by Gasteiger charge is 2.51. The van der Waals surface area contributed by atoms with Gasteiger partial charge in [0.15, 0.2) is 0 Å². The third-order valence-electron chi connectivity index (χ3n) is 8.41. The van der Waals surface area contributed by atoms with E-state index in [1.54, 1.807) is 0 Å². The SMILES string of the molecule is CC(C)(C)c1ccc2c(c1)CCC[C@]21CNC[C@H]1C(=O)N1CCC(c2ccccc2)CC1. The number of piperidine rings is 1. The minimum Gasteiger partial charge on any atom is -0.342 e. The third kappa shape index (κ3) is 3.79. The summed E-state index contributed by atoms with van der Waals surface area (Å²) in [5.41, 5.74) is 5.88. The molecular formula is C29H38N2O. The van der Waals surface area contributed by atoms with Crippen LogP contribution in [0.25, 0.3) is 0 Å². The average Bonchev–Trinajstić information content (AvgIpc) is 3.22. The number of benzene rings is 2. The van der Waals surface area contributed by atoms with Gasteiger partial charge in [0, 0.05) is 31.6 Å². The van der Waals surface area contributed by atoms with Crippen molar-refractivity contribution in [1.82, 2.24) is 10.2 Å². The highest BCUT2D eigenvalue weighted by atomic mass is 16.2. The third-order valence-corrected chi connectivity index (χ3v) is 8.41. The number of fused-ring (bicyclic) bond motifs is 2. The highest BCUT2D eigenvalue weighted by molar-refractivity contribution is 5.82. The van der Waals surface area contributed by atoms with Gasteiger partial charge in [0.25, 0.3) is 0 Å². The summed E-state index contributed by atoms with van der Waals surface area (Å²) in [6.07, 6.45) is 5.61. The molecule has 0 aromatic heterocycles.